The van der Waals surface area contributed by atoms with Crippen LogP contribution in [0.5, 0.6) is 5.75 Å². The number of halogens is 1. The molecule has 0 spiro atoms. The number of para-hydroxylation sites is 1. The number of benzene rings is 4. The van der Waals surface area contributed by atoms with Gasteiger partial charge in [-0.25, -0.2) is 24.1 Å². The molecule has 4 aromatic carbocycles. The average Bonchev–Trinajstić information content (AvgIpc) is 3.47. The van der Waals surface area contributed by atoms with Crippen molar-refractivity contribution >= 4 is 84.1 Å². The Balaban J connectivity index is 0.657. The summed E-state index contributed by atoms with van der Waals surface area (Å²) in [4.78, 5) is 91.7. The lowest BCUT2D eigenvalue weighted by Gasteiger charge is -2.35. The summed E-state index contributed by atoms with van der Waals surface area (Å²) in [6, 6.07) is 28.0. The number of nitrogens with one attached hydrogen (secondary N) is 3. The number of aliphatic hydroxyl groups is 1. The maximum atomic E-state index is 15.7. The van der Waals surface area contributed by atoms with E-state index in [1.165, 1.54) is 40.7 Å². The van der Waals surface area contributed by atoms with Crippen LogP contribution in [0.3, 0.4) is 0 Å². The number of rotatable bonds is 23. The Kier molecular flexibility index (Phi) is 20.1. The Morgan fingerprint density at radius 3 is 2.36 bits per heavy atom. The first-order valence-corrected chi connectivity index (χ1v) is 32.4. The lowest BCUT2D eigenvalue weighted by molar-refractivity contribution is -0.144. The second-order valence-electron chi connectivity index (χ2n) is 23.8. The highest BCUT2D eigenvalue weighted by molar-refractivity contribution is 7.22. The van der Waals surface area contributed by atoms with Gasteiger partial charge in [-0.3, -0.25) is 29.5 Å². The summed E-state index contributed by atoms with van der Waals surface area (Å²) >= 11 is 4.44. The number of thiazole rings is 3. The number of ether oxygens (including phenoxy) is 2. The van der Waals surface area contributed by atoms with E-state index in [1.807, 2.05) is 114 Å². The van der Waals surface area contributed by atoms with Crippen LogP contribution in [0.1, 0.15) is 145 Å². The standard InChI is InChI=1S/C67H74FN9O8S3/c1-39(15-9-8-10-21-56(79)73-60(67(4,5)6)63(82)77-36-47(78)34-53(77)62(81)71-40(2)42-22-24-45(25-23-42)59-41(3)70-38-86-59)46-33-51(68)57(69-35-46)44-26-28-48(29-27-44)85-32-14-20-55-58(64(83)84-7)74-66(88-55)76-31-30-43-16-13-17-49(50(43)37-76)61(80)75-65-72-52-18-11-12-19-54(52)87-65/h11-13,16-19,22-29,33,35,38-40,47,53,60,78H,8-10,14-15,20-21,30-32,34,36-37H2,1-7H3,(H,71,81)(H,73,79)(H,72,75,80)/t39?,40-,47+,53-,60+/m0/s1. The molecule has 4 N–H and O–H groups in total. The molecule has 8 aromatic rings. The van der Waals surface area contributed by atoms with Crippen molar-refractivity contribution < 1.29 is 42.9 Å². The van der Waals surface area contributed by atoms with Gasteiger partial charge in [-0.15, -0.1) is 22.7 Å². The number of fused-ring (bicyclic) bond motifs is 2. The molecule has 0 radical (unpaired) electrons. The number of methoxy groups -OCH3 is 1. The number of pyridine rings is 1. The number of hydrogen-bond acceptors (Lipinski definition) is 16. The van der Waals surface area contributed by atoms with E-state index in [0.29, 0.717) is 72.5 Å². The number of nitrogens with zero attached hydrogens (tertiary/aromatic N) is 6. The lowest BCUT2D eigenvalue weighted by atomic mass is 9.85. The van der Waals surface area contributed by atoms with Gasteiger partial charge >= 0.3 is 5.97 Å². The van der Waals surface area contributed by atoms with Crippen LogP contribution in [0.4, 0.5) is 14.7 Å². The van der Waals surface area contributed by atoms with Crippen molar-refractivity contribution in [3.63, 3.8) is 0 Å². The van der Waals surface area contributed by atoms with Gasteiger partial charge in [0.05, 0.1) is 52.2 Å². The first kappa shape index (κ1) is 63.1. The van der Waals surface area contributed by atoms with E-state index in [9.17, 15) is 29.1 Å². The summed E-state index contributed by atoms with van der Waals surface area (Å²) in [5.74, 6) is -1.60. The van der Waals surface area contributed by atoms with Crippen LogP contribution in [0, 0.1) is 18.2 Å². The number of aromatic nitrogens is 4. The number of anilines is 2. The molecule has 0 bridgehead atoms. The number of carbonyl (C=O) groups is 5. The molecule has 21 heteroatoms. The molecule has 2 aliphatic heterocycles. The molecule has 1 fully saturated rings. The van der Waals surface area contributed by atoms with E-state index in [1.54, 1.807) is 41.8 Å². The fraction of sp³-hybridized carbons (Fsp3) is 0.388. The third kappa shape index (κ3) is 14.9. The molecule has 460 valence electrons. The number of esters is 1. The molecular formula is C67H74FN9O8S3. The van der Waals surface area contributed by atoms with Crippen LogP contribution >= 0.6 is 34.0 Å². The fourth-order valence-corrected chi connectivity index (χ4v) is 14.1. The monoisotopic (exact) mass is 1250 g/mol. The number of amides is 4. The zero-order chi connectivity index (χ0) is 62.2. The average molecular weight is 1250 g/mol. The van der Waals surface area contributed by atoms with Gasteiger partial charge < -0.3 is 35.0 Å². The van der Waals surface area contributed by atoms with E-state index >= 15 is 4.39 Å². The van der Waals surface area contributed by atoms with E-state index in [4.69, 9.17) is 14.5 Å². The van der Waals surface area contributed by atoms with Crippen LogP contribution in [-0.2, 0) is 38.5 Å². The number of likely N-dealkylation sites (tertiary alicyclic amines) is 1. The Hall–Kier alpha value is -7.98. The largest absolute Gasteiger partial charge is 0.494 e. The van der Waals surface area contributed by atoms with Gasteiger partial charge in [-0.2, -0.15) is 0 Å². The zero-order valence-electron chi connectivity index (χ0n) is 50.6. The molecule has 6 heterocycles. The van der Waals surface area contributed by atoms with Crippen molar-refractivity contribution in [2.24, 2.45) is 5.41 Å². The molecular weight excluding hydrogens is 1170 g/mol. The molecule has 10 rings (SSSR count). The number of β-amino-alcohol motifs (C(OH)–C–C–N with tert-alkyl or cyclic N) is 1. The Labute approximate surface area is 524 Å². The molecule has 4 amide bonds. The highest BCUT2D eigenvalue weighted by Gasteiger charge is 2.45. The lowest BCUT2D eigenvalue weighted by Crippen LogP contribution is -2.57. The maximum Gasteiger partial charge on any atom is 0.357 e. The summed E-state index contributed by atoms with van der Waals surface area (Å²) in [6.45, 7) is 12.9. The molecule has 1 unspecified atom stereocenters. The molecule has 4 aromatic heterocycles. The molecule has 17 nitrogen and oxygen atoms in total. The summed E-state index contributed by atoms with van der Waals surface area (Å²) < 4.78 is 28.0. The molecule has 2 aliphatic rings. The van der Waals surface area contributed by atoms with E-state index < -0.39 is 41.3 Å². The maximum absolute atomic E-state index is 15.7. The van der Waals surface area contributed by atoms with Crippen molar-refractivity contribution in [3.05, 3.63) is 159 Å². The number of carbonyl (C=O) groups excluding carboxylic acids is 5. The van der Waals surface area contributed by atoms with Crippen LogP contribution in [0.2, 0.25) is 0 Å². The second-order valence-corrected chi connectivity index (χ2v) is 26.7. The Morgan fingerprint density at radius 2 is 1.64 bits per heavy atom. The van der Waals surface area contributed by atoms with Crippen molar-refractivity contribution in [2.45, 2.75) is 136 Å². The van der Waals surface area contributed by atoms with Gasteiger partial charge in [0.1, 0.15) is 29.3 Å². The summed E-state index contributed by atoms with van der Waals surface area (Å²) in [6.07, 6.45) is 5.81. The normalized spacial score (nSPS) is 16.0. The van der Waals surface area contributed by atoms with E-state index in [-0.39, 0.29) is 60.5 Å². The second kappa shape index (κ2) is 28.0. The topological polar surface area (TPSA) is 218 Å². The van der Waals surface area contributed by atoms with Crippen molar-refractivity contribution in [2.75, 3.05) is 37.0 Å². The number of aryl methyl sites for hydroxylation is 2. The first-order chi connectivity index (χ1) is 42.3. The van der Waals surface area contributed by atoms with E-state index in [0.717, 1.165) is 72.7 Å². The third-order valence-electron chi connectivity index (χ3n) is 16.3. The van der Waals surface area contributed by atoms with Gasteiger partial charge in [0.25, 0.3) is 5.91 Å². The summed E-state index contributed by atoms with van der Waals surface area (Å²) in [5, 5.41) is 20.9. The summed E-state index contributed by atoms with van der Waals surface area (Å²) in [5.41, 5.74) is 9.31. The smallest absolute Gasteiger partial charge is 0.357 e. The quantitative estimate of drug-likeness (QED) is 0.0346. The van der Waals surface area contributed by atoms with Crippen LogP contribution in [0.25, 0.3) is 31.9 Å². The van der Waals surface area contributed by atoms with Gasteiger partial charge in [-0.1, -0.05) is 100 Å². The minimum absolute atomic E-state index is 0.0123. The minimum Gasteiger partial charge on any atom is -0.494 e. The SMILES string of the molecule is COC(=O)c1nc(N2CCc3cccc(C(=O)Nc4nc5ccccc5s4)c3C2)sc1CCCOc1ccc(-c2ncc(C(C)CCCCCC(=O)N[C@H](C(=O)N3C[C@H](O)C[C@H]3C(=O)N[C@@H](C)c3ccc(-c4scnc4C)cc3)C(C)(C)C)cc2F)cc1. The Morgan fingerprint density at radius 1 is 0.864 bits per heavy atom. The van der Waals surface area contributed by atoms with Gasteiger partial charge in [-0.05, 0) is 134 Å². The van der Waals surface area contributed by atoms with Crippen molar-refractivity contribution in [1.29, 1.82) is 0 Å². The Bertz CT molecular complexity index is 3770. The predicted molar refractivity (Wildman–Crippen MR) is 344 cm³/mol. The third-order valence-corrected chi connectivity index (χ3v) is 19.4. The first-order valence-electron chi connectivity index (χ1n) is 29.9. The van der Waals surface area contributed by atoms with Gasteiger partial charge in [0.2, 0.25) is 17.7 Å². The molecule has 5 atom stereocenters. The van der Waals surface area contributed by atoms with Crippen LogP contribution in [0.15, 0.2) is 109 Å². The molecule has 1 saturated heterocycles. The number of unbranched alkanes of at least 4 members (excludes halogenated alkanes) is 2. The van der Waals surface area contributed by atoms with Crippen LogP contribution < -0.4 is 25.6 Å². The van der Waals surface area contributed by atoms with E-state index in [2.05, 4.69) is 35.8 Å². The molecule has 0 saturated carbocycles. The highest BCUT2D eigenvalue weighted by atomic mass is 32.1. The minimum atomic E-state index is -0.923. The number of aliphatic hydroxyl groups excluding tert-OH is 1. The molecule has 0 aliphatic carbocycles. The van der Waals surface area contributed by atoms with Crippen LogP contribution in [-0.4, -0.2) is 105 Å². The number of hydrogen-bond donors (Lipinski definition) is 4. The van der Waals surface area contributed by atoms with Gasteiger partial charge in [0.15, 0.2) is 16.0 Å². The van der Waals surface area contributed by atoms with Crippen molar-refractivity contribution in [3.8, 4) is 27.4 Å². The zero-order valence-corrected chi connectivity index (χ0v) is 53.0. The van der Waals surface area contributed by atoms with Gasteiger partial charge in [0, 0.05) is 54.7 Å². The molecule has 88 heavy (non-hydrogen) atoms. The predicted octanol–water partition coefficient (Wildman–Crippen LogP) is 12.4. The summed E-state index contributed by atoms with van der Waals surface area (Å²) in [7, 11) is 1.34. The fourth-order valence-electron chi connectivity index (χ4n) is 11.3. The van der Waals surface area contributed by atoms with Crippen molar-refractivity contribution in [1.82, 2.24) is 35.5 Å². The highest BCUT2D eigenvalue weighted by Crippen LogP contribution is 2.36.